The van der Waals surface area contributed by atoms with E-state index in [-0.39, 0.29) is 5.92 Å². The lowest BCUT2D eigenvalue weighted by atomic mass is 9.89. The molecule has 17 heavy (non-hydrogen) atoms. The zero-order valence-corrected chi connectivity index (χ0v) is 10.7. The van der Waals surface area contributed by atoms with E-state index in [9.17, 15) is 9.18 Å². The summed E-state index contributed by atoms with van der Waals surface area (Å²) in [5.41, 5.74) is 0. The summed E-state index contributed by atoms with van der Waals surface area (Å²) in [4.78, 5) is 10.7. The van der Waals surface area contributed by atoms with E-state index in [2.05, 4.69) is 0 Å². The minimum atomic E-state index is -1.65. The summed E-state index contributed by atoms with van der Waals surface area (Å²) in [6.45, 7) is 0. The molecule has 1 atom stereocenters. The van der Waals surface area contributed by atoms with Crippen LogP contribution >= 0.6 is 0 Å². The van der Waals surface area contributed by atoms with Crippen molar-refractivity contribution in [3.63, 3.8) is 0 Å². The first-order valence-corrected chi connectivity index (χ1v) is 7.08. The zero-order chi connectivity index (χ0) is 12.5. The summed E-state index contributed by atoms with van der Waals surface area (Å²) in [6.07, 6.45) is 10.4. The van der Waals surface area contributed by atoms with Crippen molar-refractivity contribution in [2.24, 2.45) is 5.92 Å². The van der Waals surface area contributed by atoms with E-state index < -0.39 is 12.1 Å². The van der Waals surface area contributed by atoms with Crippen LogP contribution in [0.2, 0.25) is 0 Å². The summed E-state index contributed by atoms with van der Waals surface area (Å²) in [5, 5.41) is 8.75. The fourth-order valence-electron chi connectivity index (χ4n) is 2.69. The van der Waals surface area contributed by atoms with Crippen LogP contribution in [0.4, 0.5) is 4.39 Å². The molecule has 0 aromatic heterocycles. The largest absolute Gasteiger partial charge is 0.479 e. The molecule has 0 saturated heterocycles. The molecular weight excluding hydrogens is 219 g/mol. The molecule has 1 unspecified atom stereocenters. The van der Waals surface area contributed by atoms with E-state index in [4.69, 9.17) is 5.11 Å². The molecule has 0 radical (unpaired) electrons. The Kier molecular flexibility index (Phi) is 7.22. The van der Waals surface area contributed by atoms with Gasteiger partial charge in [0, 0.05) is 5.92 Å². The summed E-state index contributed by atoms with van der Waals surface area (Å²) < 4.78 is 13.5. The lowest BCUT2D eigenvalue weighted by Gasteiger charge is -2.18. The van der Waals surface area contributed by atoms with Crippen molar-refractivity contribution in [1.29, 1.82) is 0 Å². The summed E-state index contributed by atoms with van der Waals surface area (Å²) in [5.74, 6) is -1.53. The number of hydrogen-bond acceptors (Lipinski definition) is 1. The van der Waals surface area contributed by atoms with Crippen molar-refractivity contribution in [1.82, 2.24) is 0 Å². The van der Waals surface area contributed by atoms with Crippen molar-refractivity contribution in [3.05, 3.63) is 0 Å². The summed E-state index contributed by atoms with van der Waals surface area (Å²) in [6, 6.07) is 0. The number of halogens is 1. The van der Waals surface area contributed by atoms with Crippen LogP contribution in [0.15, 0.2) is 0 Å². The molecule has 0 aromatic rings. The third-order valence-electron chi connectivity index (χ3n) is 3.80. The molecule has 1 aliphatic rings. The van der Waals surface area contributed by atoms with Crippen LogP contribution in [0.5, 0.6) is 0 Å². The van der Waals surface area contributed by atoms with Crippen molar-refractivity contribution >= 4 is 5.97 Å². The Morgan fingerprint density at radius 1 is 0.882 bits per heavy atom. The second kappa shape index (κ2) is 8.48. The number of carboxylic acids is 1. The monoisotopic (exact) mass is 244 g/mol. The van der Waals surface area contributed by atoms with Crippen LogP contribution in [-0.4, -0.2) is 17.2 Å². The Morgan fingerprint density at radius 3 is 1.59 bits per heavy atom. The molecule has 0 amide bonds. The first-order chi connectivity index (χ1) is 8.22. The number of rotatable bonds is 2. The molecular formula is C14H25FO2. The van der Waals surface area contributed by atoms with E-state index in [1.807, 2.05) is 0 Å². The van der Waals surface area contributed by atoms with E-state index in [1.54, 1.807) is 0 Å². The van der Waals surface area contributed by atoms with Gasteiger partial charge in [-0.25, -0.2) is 9.18 Å². The average Bonchev–Trinajstić information content (AvgIpc) is 2.29. The van der Waals surface area contributed by atoms with Gasteiger partial charge in [0.15, 0.2) is 6.17 Å². The lowest BCUT2D eigenvalue weighted by molar-refractivity contribution is -0.145. The van der Waals surface area contributed by atoms with Gasteiger partial charge >= 0.3 is 5.97 Å². The van der Waals surface area contributed by atoms with E-state index >= 15 is 0 Å². The smallest absolute Gasteiger partial charge is 0.338 e. The molecule has 0 aliphatic heterocycles. The van der Waals surface area contributed by atoms with Crippen molar-refractivity contribution in [3.8, 4) is 0 Å². The third kappa shape index (κ3) is 6.04. The van der Waals surface area contributed by atoms with Gasteiger partial charge in [-0.2, -0.15) is 0 Å². The summed E-state index contributed by atoms with van der Waals surface area (Å²) >= 11 is 0. The molecule has 3 heteroatoms. The van der Waals surface area contributed by atoms with Crippen LogP contribution < -0.4 is 0 Å². The van der Waals surface area contributed by atoms with E-state index in [0.717, 1.165) is 38.5 Å². The molecule has 100 valence electrons. The number of carboxylic acid groups (broad SMARTS) is 1. The SMILES string of the molecule is O=C(O)C(F)C1CCCCCCCCCCC1. The number of hydrogen-bond donors (Lipinski definition) is 1. The third-order valence-corrected chi connectivity index (χ3v) is 3.80. The fourth-order valence-corrected chi connectivity index (χ4v) is 2.69. The van der Waals surface area contributed by atoms with Gasteiger partial charge in [-0.3, -0.25) is 0 Å². The molecule has 1 saturated carbocycles. The zero-order valence-electron chi connectivity index (χ0n) is 10.7. The highest BCUT2D eigenvalue weighted by atomic mass is 19.1. The first-order valence-electron chi connectivity index (χ1n) is 7.08. The Morgan fingerprint density at radius 2 is 1.24 bits per heavy atom. The topological polar surface area (TPSA) is 37.3 Å². The van der Waals surface area contributed by atoms with Gasteiger partial charge < -0.3 is 5.11 Å². The maximum absolute atomic E-state index is 13.5. The van der Waals surface area contributed by atoms with E-state index in [0.29, 0.717) is 0 Å². The minimum Gasteiger partial charge on any atom is -0.479 e. The fraction of sp³-hybridized carbons (Fsp3) is 0.929. The quantitative estimate of drug-likeness (QED) is 0.785. The standard InChI is InChI=1S/C14H25FO2/c15-13(14(16)17)12-10-8-6-4-2-1-3-5-7-9-11-12/h12-13H,1-11H2,(H,16,17). The van der Waals surface area contributed by atoms with Gasteiger partial charge in [-0.1, -0.05) is 57.8 Å². The van der Waals surface area contributed by atoms with Gasteiger partial charge in [0.05, 0.1) is 0 Å². The first kappa shape index (κ1) is 14.5. The molecule has 1 aliphatic carbocycles. The predicted octanol–water partition coefficient (Wildman–Crippen LogP) is 4.33. The van der Waals surface area contributed by atoms with Crippen LogP contribution in [0.25, 0.3) is 0 Å². The lowest BCUT2D eigenvalue weighted by Crippen LogP contribution is -2.25. The van der Waals surface area contributed by atoms with Gasteiger partial charge in [-0.05, 0) is 12.8 Å². The average molecular weight is 244 g/mol. The Balaban J connectivity index is 2.39. The highest BCUT2D eigenvalue weighted by Gasteiger charge is 2.26. The predicted molar refractivity (Wildman–Crippen MR) is 66.8 cm³/mol. The molecule has 1 fully saturated rings. The Hall–Kier alpha value is -0.600. The van der Waals surface area contributed by atoms with E-state index in [1.165, 1.54) is 32.1 Å². The summed E-state index contributed by atoms with van der Waals surface area (Å²) in [7, 11) is 0. The highest BCUT2D eigenvalue weighted by molar-refractivity contribution is 5.72. The normalized spacial score (nSPS) is 23.4. The van der Waals surface area contributed by atoms with Crippen molar-refractivity contribution in [2.75, 3.05) is 0 Å². The number of carbonyl (C=O) groups is 1. The maximum Gasteiger partial charge on any atom is 0.338 e. The molecule has 1 rings (SSSR count). The molecule has 2 nitrogen and oxygen atoms in total. The Labute approximate surface area is 104 Å². The van der Waals surface area contributed by atoms with Crippen LogP contribution in [0.1, 0.15) is 70.6 Å². The molecule has 1 N–H and O–H groups in total. The van der Waals surface area contributed by atoms with Crippen LogP contribution in [-0.2, 0) is 4.79 Å². The van der Waals surface area contributed by atoms with Gasteiger partial charge in [0.25, 0.3) is 0 Å². The molecule has 0 heterocycles. The van der Waals surface area contributed by atoms with Gasteiger partial charge in [0.1, 0.15) is 0 Å². The molecule has 0 spiro atoms. The van der Waals surface area contributed by atoms with Crippen molar-refractivity contribution < 1.29 is 14.3 Å². The Bertz CT molecular complexity index is 206. The molecule has 0 aromatic carbocycles. The highest BCUT2D eigenvalue weighted by Crippen LogP contribution is 2.25. The van der Waals surface area contributed by atoms with Crippen LogP contribution in [0, 0.1) is 5.92 Å². The van der Waals surface area contributed by atoms with Gasteiger partial charge in [0.2, 0.25) is 0 Å². The maximum atomic E-state index is 13.5. The van der Waals surface area contributed by atoms with Crippen molar-refractivity contribution in [2.45, 2.75) is 76.8 Å². The molecule has 0 bridgehead atoms. The minimum absolute atomic E-state index is 0.257. The second-order valence-electron chi connectivity index (χ2n) is 5.26. The van der Waals surface area contributed by atoms with Crippen LogP contribution in [0.3, 0.4) is 0 Å². The number of aliphatic carboxylic acids is 1. The van der Waals surface area contributed by atoms with Gasteiger partial charge in [-0.15, -0.1) is 0 Å². The second-order valence-corrected chi connectivity index (χ2v) is 5.26. The number of alkyl halides is 1.